The molecule has 2 aromatic carbocycles. The van der Waals surface area contributed by atoms with Crippen LogP contribution in [-0.4, -0.2) is 56.3 Å². The van der Waals surface area contributed by atoms with E-state index < -0.39 is 0 Å². The number of fused-ring (bicyclic) bond motifs is 1. The number of carbonyl (C=O) groups is 2. The number of piperazine rings is 1. The van der Waals surface area contributed by atoms with Gasteiger partial charge in [0.1, 0.15) is 5.75 Å². The maximum Gasteiger partial charge on any atom is 0.279 e. The molecule has 0 spiro atoms. The van der Waals surface area contributed by atoms with Gasteiger partial charge in [-0.15, -0.1) is 0 Å². The summed E-state index contributed by atoms with van der Waals surface area (Å²) in [5.41, 5.74) is 1.67. The van der Waals surface area contributed by atoms with E-state index in [1.807, 2.05) is 12.1 Å². The molecule has 0 atom stereocenters. The smallest absolute Gasteiger partial charge is 0.279 e. The van der Waals surface area contributed by atoms with Crippen molar-refractivity contribution in [3.8, 4) is 17.2 Å². The van der Waals surface area contributed by atoms with E-state index in [1.54, 1.807) is 24.3 Å². The zero-order chi connectivity index (χ0) is 20.4. The van der Waals surface area contributed by atoms with Gasteiger partial charge in [-0.1, -0.05) is 12.1 Å². The van der Waals surface area contributed by atoms with Gasteiger partial charge in [0.25, 0.3) is 5.91 Å². The van der Waals surface area contributed by atoms with Gasteiger partial charge < -0.3 is 29.7 Å². The number of phenolic OH excluding ortho intramolecular Hbond substituents is 1. The standard InChI is InChI=1S/C21H23N3O5/c1-14(25)15-10-19-20(29-13-28-19)11-16(15)22-21(27)12-23-6-8-24(9-7-23)17-4-2-3-5-18(17)26/h2-5,10-11,26H,6-9,12-13H2,1H3,(H,22,27)/p+1. The zero-order valence-corrected chi connectivity index (χ0v) is 16.2. The summed E-state index contributed by atoms with van der Waals surface area (Å²) in [7, 11) is 0. The summed E-state index contributed by atoms with van der Waals surface area (Å²) in [5.74, 6) is 1.00. The lowest BCUT2D eigenvalue weighted by atomic mass is 10.1. The lowest BCUT2D eigenvalue weighted by Crippen LogP contribution is -3.15. The molecule has 1 amide bonds. The first-order chi connectivity index (χ1) is 14.0. The van der Waals surface area contributed by atoms with E-state index in [-0.39, 0.29) is 24.2 Å². The van der Waals surface area contributed by atoms with Gasteiger partial charge in [-0.3, -0.25) is 9.59 Å². The third-order valence-electron chi connectivity index (χ3n) is 5.27. The second-order valence-corrected chi connectivity index (χ2v) is 7.26. The van der Waals surface area contributed by atoms with E-state index in [1.165, 1.54) is 6.92 Å². The van der Waals surface area contributed by atoms with Crippen molar-refractivity contribution in [2.75, 3.05) is 49.7 Å². The third-order valence-corrected chi connectivity index (χ3v) is 5.27. The summed E-state index contributed by atoms with van der Waals surface area (Å²) >= 11 is 0. The van der Waals surface area contributed by atoms with Crippen LogP contribution in [0, 0.1) is 0 Å². The number of carbonyl (C=O) groups excluding carboxylic acids is 2. The molecule has 0 bridgehead atoms. The van der Waals surface area contributed by atoms with E-state index in [2.05, 4.69) is 10.2 Å². The van der Waals surface area contributed by atoms with E-state index in [9.17, 15) is 14.7 Å². The monoisotopic (exact) mass is 398 g/mol. The second-order valence-electron chi connectivity index (χ2n) is 7.26. The number of phenols is 1. The van der Waals surface area contributed by atoms with E-state index in [0.717, 1.165) is 36.8 Å². The largest absolute Gasteiger partial charge is 0.506 e. The maximum atomic E-state index is 12.6. The van der Waals surface area contributed by atoms with E-state index in [0.29, 0.717) is 29.3 Å². The predicted octanol–water partition coefficient (Wildman–Crippen LogP) is 0.667. The Morgan fingerprint density at radius 3 is 2.52 bits per heavy atom. The van der Waals surface area contributed by atoms with Gasteiger partial charge in [-0.2, -0.15) is 0 Å². The average molecular weight is 398 g/mol. The van der Waals surface area contributed by atoms with Crippen LogP contribution in [0.25, 0.3) is 0 Å². The first-order valence-electron chi connectivity index (χ1n) is 9.62. The molecule has 2 aromatic rings. The Morgan fingerprint density at radius 1 is 1.14 bits per heavy atom. The van der Waals surface area contributed by atoms with Gasteiger partial charge >= 0.3 is 0 Å². The van der Waals surface area contributed by atoms with Crippen LogP contribution in [0.3, 0.4) is 0 Å². The Balaban J connectivity index is 1.36. The van der Waals surface area contributed by atoms with Crippen LogP contribution in [0.2, 0.25) is 0 Å². The number of hydrogen-bond acceptors (Lipinski definition) is 6. The fourth-order valence-corrected chi connectivity index (χ4v) is 3.73. The predicted molar refractivity (Wildman–Crippen MR) is 107 cm³/mol. The number of anilines is 2. The number of amides is 1. The first kappa shape index (κ1) is 19.1. The number of nitrogens with zero attached hydrogens (tertiary/aromatic N) is 1. The van der Waals surface area contributed by atoms with Crippen molar-refractivity contribution in [3.05, 3.63) is 42.0 Å². The summed E-state index contributed by atoms with van der Waals surface area (Å²) in [6.45, 7) is 4.93. The molecule has 3 N–H and O–H groups in total. The van der Waals surface area contributed by atoms with Crippen molar-refractivity contribution >= 4 is 23.1 Å². The molecule has 152 valence electrons. The molecule has 0 aliphatic carbocycles. The number of benzene rings is 2. The molecule has 0 radical (unpaired) electrons. The summed E-state index contributed by atoms with van der Waals surface area (Å²) in [4.78, 5) is 27.8. The quantitative estimate of drug-likeness (QED) is 0.641. The van der Waals surface area contributed by atoms with Crippen LogP contribution < -0.4 is 24.6 Å². The van der Waals surface area contributed by atoms with E-state index >= 15 is 0 Å². The van der Waals surface area contributed by atoms with Gasteiger partial charge in [0.15, 0.2) is 23.8 Å². The number of Topliss-reactive ketones (excluding diaryl/α,β-unsaturated/α-hetero) is 1. The minimum Gasteiger partial charge on any atom is -0.506 e. The Labute approximate surface area is 168 Å². The molecular formula is C21H24N3O5+. The number of quaternary nitrogens is 1. The normalized spacial score (nSPS) is 16.0. The third kappa shape index (κ3) is 4.12. The van der Waals surface area contributed by atoms with Crippen molar-refractivity contribution in [2.45, 2.75) is 6.92 Å². The molecule has 8 heteroatoms. The van der Waals surface area contributed by atoms with Crippen LogP contribution >= 0.6 is 0 Å². The molecule has 0 saturated carbocycles. The number of ether oxygens (including phenoxy) is 2. The summed E-state index contributed by atoms with van der Waals surface area (Å²) in [5, 5.41) is 12.9. The molecule has 0 aromatic heterocycles. The lowest BCUT2D eigenvalue weighted by molar-refractivity contribution is -0.892. The van der Waals surface area contributed by atoms with Crippen molar-refractivity contribution < 1.29 is 29.1 Å². The van der Waals surface area contributed by atoms with Crippen molar-refractivity contribution in [2.24, 2.45) is 0 Å². The molecule has 2 heterocycles. The van der Waals surface area contributed by atoms with Crippen LogP contribution in [0.15, 0.2) is 36.4 Å². The van der Waals surface area contributed by atoms with E-state index in [4.69, 9.17) is 9.47 Å². The van der Waals surface area contributed by atoms with Gasteiger partial charge in [0, 0.05) is 11.6 Å². The van der Waals surface area contributed by atoms with Gasteiger partial charge in [0.2, 0.25) is 6.79 Å². The minimum atomic E-state index is -0.155. The van der Waals surface area contributed by atoms with Crippen LogP contribution in [-0.2, 0) is 4.79 Å². The van der Waals surface area contributed by atoms with Crippen LogP contribution in [0.1, 0.15) is 17.3 Å². The number of ketones is 1. The van der Waals surface area contributed by atoms with Crippen molar-refractivity contribution in [1.29, 1.82) is 0 Å². The highest BCUT2D eigenvalue weighted by molar-refractivity contribution is 6.04. The Morgan fingerprint density at radius 2 is 1.83 bits per heavy atom. The lowest BCUT2D eigenvalue weighted by Gasteiger charge is -2.33. The topological polar surface area (TPSA) is 92.5 Å². The highest BCUT2D eigenvalue weighted by atomic mass is 16.7. The molecule has 0 unspecified atom stereocenters. The molecule has 1 fully saturated rings. The highest BCUT2D eigenvalue weighted by Crippen LogP contribution is 2.37. The molecule has 2 aliphatic rings. The number of hydrogen-bond donors (Lipinski definition) is 3. The summed E-state index contributed by atoms with van der Waals surface area (Å²) in [6.07, 6.45) is 0. The zero-order valence-electron chi connectivity index (χ0n) is 16.2. The fraction of sp³-hybridized carbons (Fsp3) is 0.333. The van der Waals surface area contributed by atoms with Gasteiger partial charge in [-0.05, 0) is 25.1 Å². The van der Waals surface area contributed by atoms with Crippen molar-refractivity contribution in [1.82, 2.24) is 0 Å². The molecular weight excluding hydrogens is 374 g/mol. The molecule has 4 rings (SSSR count). The number of rotatable bonds is 5. The Hall–Kier alpha value is -3.26. The van der Waals surface area contributed by atoms with Gasteiger partial charge in [-0.25, -0.2) is 0 Å². The number of nitrogens with one attached hydrogen (secondary N) is 2. The van der Waals surface area contributed by atoms with Gasteiger partial charge in [0.05, 0.1) is 37.6 Å². The molecule has 1 saturated heterocycles. The molecule has 29 heavy (non-hydrogen) atoms. The van der Waals surface area contributed by atoms with Crippen LogP contribution in [0.4, 0.5) is 11.4 Å². The summed E-state index contributed by atoms with van der Waals surface area (Å²) < 4.78 is 10.7. The first-order valence-corrected chi connectivity index (χ1v) is 9.62. The molecule has 8 nitrogen and oxygen atoms in total. The second kappa shape index (κ2) is 8.00. The fourth-order valence-electron chi connectivity index (χ4n) is 3.73. The average Bonchev–Trinajstić information content (AvgIpc) is 3.16. The van der Waals surface area contributed by atoms with Crippen molar-refractivity contribution in [3.63, 3.8) is 0 Å². The minimum absolute atomic E-state index is 0.107. The SMILES string of the molecule is CC(=O)c1cc2c(cc1NC(=O)C[NH+]1CCN(c3ccccc3O)CC1)OCO2. The Bertz CT molecular complexity index is 938. The number of aromatic hydroxyl groups is 1. The summed E-state index contributed by atoms with van der Waals surface area (Å²) in [6, 6.07) is 10.5. The molecule has 2 aliphatic heterocycles. The highest BCUT2D eigenvalue weighted by Gasteiger charge is 2.25. The number of para-hydroxylation sites is 2. The Kier molecular flexibility index (Phi) is 5.26. The maximum absolute atomic E-state index is 12.6. The van der Waals surface area contributed by atoms with Crippen LogP contribution in [0.5, 0.6) is 17.2 Å².